The SMILES string of the molecule is Cc1nn(C)c(C)c1C(=O)N1CC(N)(C(C)C)C1. The summed E-state index contributed by atoms with van der Waals surface area (Å²) in [4.78, 5) is 14.2. The van der Waals surface area contributed by atoms with Gasteiger partial charge in [0.05, 0.1) is 16.8 Å². The Morgan fingerprint density at radius 1 is 1.39 bits per heavy atom. The monoisotopic (exact) mass is 250 g/mol. The van der Waals surface area contributed by atoms with Crippen LogP contribution < -0.4 is 5.73 Å². The van der Waals surface area contributed by atoms with E-state index >= 15 is 0 Å². The molecule has 0 spiro atoms. The molecule has 1 aliphatic rings. The standard InChI is InChI=1S/C13H22N4O/c1-8(2)13(14)6-17(7-13)12(18)11-9(3)15-16(5)10(11)4/h8H,6-7,14H2,1-5H3. The molecule has 1 aromatic rings. The first-order valence-corrected chi connectivity index (χ1v) is 6.34. The van der Waals surface area contributed by atoms with Crippen LogP contribution in [0.3, 0.4) is 0 Å². The summed E-state index contributed by atoms with van der Waals surface area (Å²) in [5.74, 6) is 0.442. The first-order chi connectivity index (χ1) is 8.26. The summed E-state index contributed by atoms with van der Waals surface area (Å²) in [7, 11) is 1.86. The average molecular weight is 250 g/mol. The third kappa shape index (κ3) is 1.82. The van der Waals surface area contributed by atoms with Gasteiger partial charge in [-0.1, -0.05) is 13.8 Å². The quantitative estimate of drug-likeness (QED) is 0.846. The number of carbonyl (C=O) groups excluding carboxylic acids is 1. The first kappa shape index (κ1) is 13.1. The fourth-order valence-electron chi connectivity index (χ4n) is 2.41. The van der Waals surface area contributed by atoms with Crippen LogP contribution in [-0.4, -0.2) is 39.2 Å². The van der Waals surface area contributed by atoms with Gasteiger partial charge in [-0.2, -0.15) is 5.10 Å². The third-order valence-corrected chi connectivity index (χ3v) is 4.13. The van der Waals surface area contributed by atoms with Crippen LogP contribution in [-0.2, 0) is 7.05 Å². The van der Waals surface area contributed by atoms with Crippen molar-refractivity contribution in [2.24, 2.45) is 18.7 Å². The Morgan fingerprint density at radius 3 is 2.33 bits per heavy atom. The molecule has 5 nitrogen and oxygen atoms in total. The van der Waals surface area contributed by atoms with Crippen LogP contribution in [0.25, 0.3) is 0 Å². The predicted molar refractivity (Wildman–Crippen MR) is 70.3 cm³/mol. The Hall–Kier alpha value is -1.36. The molecule has 1 fully saturated rings. The summed E-state index contributed by atoms with van der Waals surface area (Å²) in [6.45, 7) is 9.27. The number of nitrogens with two attached hydrogens (primary N) is 1. The van der Waals surface area contributed by atoms with E-state index in [2.05, 4.69) is 18.9 Å². The molecule has 5 heteroatoms. The van der Waals surface area contributed by atoms with E-state index in [9.17, 15) is 4.79 Å². The second-order valence-electron chi connectivity index (χ2n) is 5.72. The highest BCUT2D eigenvalue weighted by molar-refractivity contribution is 5.97. The van der Waals surface area contributed by atoms with E-state index in [1.54, 1.807) is 4.68 Å². The molecule has 18 heavy (non-hydrogen) atoms. The molecule has 2 heterocycles. The van der Waals surface area contributed by atoms with E-state index in [-0.39, 0.29) is 11.4 Å². The van der Waals surface area contributed by atoms with Crippen molar-refractivity contribution in [2.45, 2.75) is 33.2 Å². The van der Waals surface area contributed by atoms with Gasteiger partial charge in [-0.15, -0.1) is 0 Å². The number of amides is 1. The summed E-state index contributed by atoms with van der Waals surface area (Å²) in [6.07, 6.45) is 0. The molecule has 0 atom stereocenters. The maximum absolute atomic E-state index is 12.4. The summed E-state index contributed by atoms with van der Waals surface area (Å²) in [6, 6.07) is 0. The van der Waals surface area contributed by atoms with E-state index in [0.29, 0.717) is 19.0 Å². The van der Waals surface area contributed by atoms with Gasteiger partial charge in [-0.25, -0.2) is 0 Å². The number of nitrogens with zero attached hydrogens (tertiary/aromatic N) is 3. The average Bonchev–Trinajstić information content (AvgIpc) is 2.47. The maximum Gasteiger partial charge on any atom is 0.257 e. The highest BCUT2D eigenvalue weighted by Gasteiger charge is 2.45. The van der Waals surface area contributed by atoms with Gasteiger partial charge in [0.25, 0.3) is 5.91 Å². The normalized spacial score (nSPS) is 18.1. The molecular formula is C13H22N4O. The fourth-order valence-corrected chi connectivity index (χ4v) is 2.41. The van der Waals surface area contributed by atoms with Crippen molar-refractivity contribution in [1.82, 2.24) is 14.7 Å². The van der Waals surface area contributed by atoms with Crippen LogP contribution in [0, 0.1) is 19.8 Å². The molecular weight excluding hydrogens is 228 g/mol. The predicted octanol–water partition coefficient (Wildman–Crippen LogP) is 0.846. The second kappa shape index (κ2) is 4.09. The molecule has 0 aliphatic carbocycles. The van der Waals surface area contributed by atoms with Crippen LogP contribution in [0.2, 0.25) is 0 Å². The number of hydrogen-bond donors (Lipinski definition) is 1. The maximum atomic E-state index is 12.4. The van der Waals surface area contributed by atoms with Gasteiger partial charge < -0.3 is 10.6 Å². The van der Waals surface area contributed by atoms with E-state index in [1.807, 2.05) is 25.8 Å². The van der Waals surface area contributed by atoms with Crippen molar-refractivity contribution in [3.05, 3.63) is 17.0 Å². The Morgan fingerprint density at radius 2 is 1.94 bits per heavy atom. The Balaban J connectivity index is 2.16. The van der Waals surface area contributed by atoms with Crippen LogP contribution in [0.5, 0.6) is 0 Å². The Kier molecular flexibility index (Phi) is 2.97. The molecule has 0 saturated carbocycles. The van der Waals surface area contributed by atoms with Gasteiger partial charge in [0, 0.05) is 25.8 Å². The number of rotatable bonds is 2. The summed E-state index contributed by atoms with van der Waals surface area (Å²) in [5.41, 5.74) is 8.43. The minimum atomic E-state index is -0.223. The van der Waals surface area contributed by atoms with Gasteiger partial charge in [0.1, 0.15) is 0 Å². The van der Waals surface area contributed by atoms with Crippen LogP contribution >= 0.6 is 0 Å². The molecule has 0 radical (unpaired) electrons. The molecule has 1 aromatic heterocycles. The lowest BCUT2D eigenvalue weighted by Gasteiger charge is -2.50. The van der Waals surface area contributed by atoms with Gasteiger partial charge in [-0.3, -0.25) is 9.48 Å². The van der Waals surface area contributed by atoms with Gasteiger partial charge in [0.15, 0.2) is 0 Å². The number of aromatic nitrogens is 2. The van der Waals surface area contributed by atoms with Crippen LogP contribution in [0.15, 0.2) is 0 Å². The highest BCUT2D eigenvalue weighted by Crippen LogP contribution is 2.28. The Labute approximate surface area is 108 Å². The van der Waals surface area contributed by atoms with E-state index in [4.69, 9.17) is 5.73 Å². The van der Waals surface area contributed by atoms with E-state index in [0.717, 1.165) is 17.0 Å². The lowest BCUT2D eigenvalue weighted by molar-refractivity contribution is 0.0273. The van der Waals surface area contributed by atoms with Crippen molar-refractivity contribution in [1.29, 1.82) is 0 Å². The van der Waals surface area contributed by atoms with Crippen molar-refractivity contribution in [3.8, 4) is 0 Å². The minimum absolute atomic E-state index is 0.0554. The largest absolute Gasteiger partial charge is 0.335 e. The van der Waals surface area contributed by atoms with E-state index in [1.165, 1.54) is 0 Å². The Bertz CT molecular complexity index is 483. The number of likely N-dealkylation sites (tertiary alicyclic amines) is 1. The van der Waals surface area contributed by atoms with Crippen LogP contribution in [0.1, 0.15) is 35.6 Å². The molecule has 0 aromatic carbocycles. The summed E-state index contributed by atoms with van der Waals surface area (Å²) >= 11 is 0. The lowest BCUT2D eigenvalue weighted by Crippen LogP contribution is -2.71. The zero-order chi connectivity index (χ0) is 13.7. The number of aryl methyl sites for hydroxylation is 2. The first-order valence-electron chi connectivity index (χ1n) is 6.34. The molecule has 1 aliphatic heterocycles. The van der Waals surface area contributed by atoms with Crippen molar-refractivity contribution < 1.29 is 4.79 Å². The zero-order valence-corrected chi connectivity index (χ0v) is 11.8. The van der Waals surface area contributed by atoms with Crippen molar-refractivity contribution >= 4 is 5.91 Å². The third-order valence-electron chi connectivity index (χ3n) is 4.13. The number of hydrogen-bond acceptors (Lipinski definition) is 3. The molecule has 0 unspecified atom stereocenters. The van der Waals surface area contributed by atoms with Gasteiger partial charge in [-0.05, 0) is 19.8 Å². The summed E-state index contributed by atoms with van der Waals surface area (Å²) < 4.78 is 1.75. The van der Waals surface area contributed by atoms with E-state index < -0.39 is 0 Å². The van der Waals surface area contributed by atoms with Crippen molar-refractivity contribution in [2.75, 3.05) is 13.1 Å². The molecule has 2 rings (SSSR count). The fraction of sp³-hybridized carbons (Fsp3) is 0.692. The number of carbonyl (C=O) groups is 1. The summed E-state index contributed by atoms with van der Waals surface area (Å²) in [5, 5.41) is 4.28. The van der Waals surface area contributed by atoms with Crippen molar-refractivity contribution in [3.63, 3.8) is 0 Å². The van der Waals surface area contributed by atoms with Crippen LogP contribution in [0.4, 0.5) is 0 Å². The molecule has 2 N–H and O–H groups in total. The topological polar surface area (TPSA) is 64.2 Å². The minimum Gasteiger partial charge on any atom is -0.335 e. The molecule has 100 valence electrons. The molecule has 1 amide bonds. The second-order valence-corrected chi connectivity index (χ2v) is 5.72. The highest BCUT2D eigenvalue weighted by atomic mass is 16.2. The molecule has 0 bridgehead atoms. The van der Waals surface area contributed by atoms with Gasteiger partial charge in [0.2, 0.25) is 0 Å². The smallest absolute Gasteiger partial charge is 0.257 e. The lowest BCUT2D eigenvalue weighted by atomic mass is 9.80. The van der Waals surface area contributed by atoms with Gasteiger partial charge >= 0.3 is 0 Å². The molecule has 1 saturated heterocycles. The zero-order valence-electron chi connectivity index (χ0n) is 11.8.